The van der Waals surface area contributed by atoms with Crippen molar-refractivity contribution >= 4 is 16.9 Å². The van der Waals surface area contributed by atoms with E-state index in [2.05, 4.69) is 25.5 Å². The van der Waals surface area contributed by atoms with E-state index >= 15 is 0 Å². The molecule has 0 aliphatic rings. The third-order valence-corrected chi connectivity index (χ3v) is 3.56. The summed E-state index contributed by atoms with van der Waals surface area (Å²) < 4.78 is 9.24. The minimum atomic E-state index is 0.291. The number of aromatic nitrogens is 7. The van der Waals surface area contributed by atoms with E-state index < -0.39 is 0 Å². The van der Waals surface area contributed by atoms with E-state index in [1.165, 1.54) is 0 Å². The molecular formula is C15H15N8O+. The van der Waals surface area contributed by atoms with Crippen molar-refractivity contribution in [3.8, 4) is 12.0 Å². The lowest BCUT2D eigenvalue weighted by molar-refractivity contribution is -0.377. The second-order valence-corrected chi connectivity index (χ2v) is 5.24. The molecule has 9 heteroatoms. The van der Waals surface area contributed by atoms with Gasteiger partial charge in [-0.1, -0.05) is 23.3 Å². The number of aryl methyl sites for hydroxylation is 1. The SMILES string of the molecule is Cn1nnnc1-n1c(OCc2cccc(N)[nH+]2)nc2ccccc21. The van der Waals surface area contributed by atoms with E-state index in [9.17, 15) is 0 Å². The maximum Gasteiger partial charge on any atom is 0.305 e. The van der Waals surface area contributed by atoms with Gasteiger partial charge in [-0.05, 0) is 28.6 Å². The molecule has 4 rings (SSSR count). The van der Waals surface area contributed by atoms with E-state index in [-0.39, 0.29) is 0 Å². The number of rotatable bonds is 4. The van der Waals surface area contributed by atoms with Gasteiger partial charge in [-0.25, -0.2) is 14.2 Å². The second kappa shape index (κ2) is 5.61. The number of ether oxygens (including phenoxy) is 1. The number of imidazole rings is 1. The summed E-state index contributed by atoms with van der Waals surface area (Å²) in [6.45, 7) is 0.291. The number of aromatic amines is 1. The number of fused-ring (bicyclic) bond motifs is 1. The van der Waals surface area contributed by atoms with Gasteiger partial charge in [0.15, 0.2) is 6.61 Å². The summed E-state index contributed by atoms with van der Waals surface area (Å²) in [5, 5.41) is 11.6. The van der Waals surface area contributed by atoms with Crippen LogP contribution in [0, 0.1) is 0 Å². The fraction of sp³-hybridized carbons (Fsp3) is 0.133. The van der Waals surface area contributed by atoms with Crippen LogP contribution in [0.2, 0.25) is 0 Å². The molecule has 4 aromatic rings. The highest BCUT2D eigenvalue weighted by molar-refractivity contribution is 5.78. The molecule has 3 heterocycles. The average molecular weight is 323 g/mol. The zero-order chi connectivity index (χ0) is 16.5. The number of H-pyrrole nitrogens is 1. The fourth-order valence-electron chi connectivity index (χ4n) is 2.47. The molecular weight excluding hydrogens is 308 g/mol. The normalized spacial score (nSPS) is 11.0. The smallest absolute Gasteiger partial charge is 0.305 e. The number of tetrazole rings is 1. The first kappa shape index (κ1) is 14.1. The summed E-state index contributed by atoms with van der Waals surface area (Å²) in [5.74, 6) is 1.09. The molecule has 1 aromatic carbocycles. The van der Waals surface area contributed by atoms with E-state index in [0.717, 1.165) is 16.7 Å². The van der Waals surface area contributed by atoms with Crippen molar-refractivity contribution in [3.05, 3.63) is 48.2 Å². The molecule has 3 N–H and O–H groups in total. The number of hydrogen-bond donors (Lipinski definition) is 1. The molecule has 0 atom stereocenters. The van der Waals surface area contributed by atoms with Gasteiger partial charge in [0.05, 0.1) is 11.0 Å². The monoisotopic (exact) mass is 323 g/mol. The van der Waals surface area contributed by atoms with Crippen molar-refractivity contribution in [2.45, 2.75) is 6.61 Å². The molecule has 0 aliphatic carbocycles. The Bertz CT molecular complexity index is 1010. The number of nitrogens with two attached hydrogens (primary N) is 1. The first-order valence-corrected chi connectivity index (χ1v) is 7.32. The van der Waals surface area contributed by atoms with Gasteiger partial charge in [0, 0.05) is 13.1 Å². The second-order valence-electron chi connectivity index (χ2n) is 5.24. The first-order valence-electron chi connectivity index (χ1n) is 7.32. The Kier molecular flexibility index (Phi) is 3.30. The van der Waals surface area contributed by atoms with Crippen LogP contribution >= 0.6 is 0 Å². The summed E-state index contributed by atoms with van der Waals surface area (Å²) in [5.41, 5.74) is 8.25. The molecule has 0 spiro atoms. The van der Waals surface area contributed by atoms with Crippen LogP contribution in [0.25, 0.3) is 17.0 Å². The summed E-state index contributed by atoms with van der Waals surface area (Å²) in [6.07, 6.45) is 0. The Labute approximate surface area is 136 Å². The van der Waals surface area contributed by atoms with Crippen LogP contribution in [0.3, 0.4) is 0 Å². The summed E-state index contributed by atoms with van der Waals surface area (Å²) in [6, 6.07) is 13.7. The number of pyridine rings is 1. The molecule has 0 radical (unpaired) electrons. The third-order valence-electron chi connectivity index (χ3n) is 3.56. The van der Waals surface area contributed by atoms with Crippen LogP contribution < -0.4 is 15.5 Å². The molecule has 3 aromatic heterocycles. The number of anilines is 1. The maximum atomic E-state index is 5.90. The number of benzene rings is 1. The van der Waals surface area contributed by atoms with Crippen molar-refractivity contribution in [2.24, 2.45) is 7.05 Å². The minimum Gasteiger partial charge on any atom is -0.456 e. The van der Waals surface area contributed by atoms with Crippen molar-refractivity contribution in [1.82, 2.24) is 29.8 Å². The van der Waals surface area contributed by atoms with Gasteiger partial charge in [0.1, 0.15) is 5.69 Å². The summed E-state index contributed by atoms with van der Waals surface area (Å²) in [7, 11) is 1.76. The lowest BCUT2D eigenvalue weighted by atomic mass is 10.3. The molecule has 0 aliphatic heterocycles. The summed E-state index contributed by atoms with van der Waals surface area (Å²) in [4.78, 5) is 7.58. The number of para-hydroxylation sites is 2. The van der Waals surface area contributed by atoms with Crippen LogP contribution in [0.15, 0.2) is 42.5 Å². The highest BCUT2D eigenvalue weighted by atomic mass is 16.5. The largest absolute Gasteiger partial charge is 0.456 e. The van der Waals surface area contributed by atoms with Gasteiger partial charge in [0.25, 0.3) is 11.8 Å². The molecule has 0 fully saturated rings. The predicted octanol–water partition coefficient (Wildman–Crippen LogP) is 0.524. The number of nitrogens with one attached hydrogen (secondary N) is 1. The molecule has 0 unspecified atom stereocenters. The van der Waals surface area contributed by atoms with Gasteiger partial charge < -0.3 is 4.74 Å². The van der Waals surface area contributed by atoms with Gasteiger partial charge >= 0.3 is 6.01 Å². The molecule has 0 bridgehead atoms. The van der Waals surface area contributed by atoms with E-state index in [4.69, 9.17) is 10.5 Å². The van der Waals surface area contributed by atoms with Gasteiger partial charge in [-0.2, -0.15) is 4.98 Å². The Balaban J connectivity index is 1.76. The lowest BCUT2D eigenvalue weighted by Gasteiger charge is -2.07. The zero-order valence-electron chi connectivity index (χ0n) is 12.9. The Hall–Kier alpha value is -3.49. The van der Waals surface area contributed by atoms with Gasteiger partial charge in [-0.3, -0.25) is 5.73 Å². The molecule has 0 amide bonds. The summed E-state index contributed by atoms with van der Waals surface area (Å²) >= 11 is 0. The van der Waals surface area contributed by atoms with E-state index in [1.807, 2.05) is 36.4 Å². The highest BCUT2D eigenvalue weighted by Gasteiger charge is 2.18. The van der Waals surface area contributed by atoms with Gasteiger partial charge in [-0.15, -0.1) is 0 Å². The van der Waals surface area contributed by atoms with Crippen LogP contribution in [-0.4, -0.2) is 29.8 Å². The Morgan fingerprint density at radius 1 is 1.17 bits per heavy atom. The van der Waals surface area contributed by atoms with Crippen molar-refractivity contribution in [3.63, 3.8) is 0 Å². The average Bonchev–Trinajstić information content (AvgIpc) is 3.15. The Morgan fingerprint density at radius 2 is 2.04 bits per heavy atom. The minimum absolute atomic E-state index is 0.291. The first-order chi connectivity index (χ1) is 11.7. The van der Waals surface area contributed by atoms with Crippen LogP contribution in [0.5, 0.6) is 6.01 Å². The van der Waals surface area contributed by atoms with Crippen molar-refractivity contribution < 1.29 is 9.72 Å². The number of hydrogen-bond acceptors (Lipinski definition) is 6. The van der Waals surface area contributed by atoms with E-state index in [0.29, 0.717) is 24.4 Å². The zero-order valence-corrected chi connectivity index (χ0v) is 12.9. The van der Waals surface area contributed by atoms with Crippen LogP contribution in [0.1, 0.15) is 5.69 Å². The molecule has 0 saturated heterocycles. The quantitative estimate of drug-likeness (QED) is 0.586. The molecule has 120 valence electrons. The topological polar surface area (TPSA) is 111 Å². The molecule has 0 saturated carbocycles. The van der Waals surface area contributed by atoms with Gasteiger partial charge in [0.2, 0.25) is 0 Å². The Morgan fingerprint density at radius 3 is 2.83 bits per heavy atom. The number of nitrogen functional groups attached to an aromatic ring is 1. The standard InChI is InChI=1S/C15H14N8O/c1-22-14(19-20-21-22)23-12-7-3-2-6-11(12)18-15(23)24-9-10-5-4-8-13(16)17-10/h2-8H,9H2,1H3,(H2,16,17)/p+1. The highest BCUT2D eigenvalue weighted by Crippen LogP contribution is 2.24. The third kappa shape index (κ3) is 2.41. The fourth-order valence-corrected chi connectivity index (χ4v) is 2.47. The van der Waals surface area contributed by atoms with Crippen LogP contribution in [-0.2, 0) is 13.7 Å². The van der Waals surface area contributed by atoms with Crippen LogP contribution in [0.4, 0.5) is 5.82 Å². The number of nitrogens with zero attached hydrogens (tertiary/aromatic N) is 6. The van der Waals surface area contributed by atoms with Crippen molar-refractivity contribution in [2.75, 3.05) is 5.73 Å². The van der Waals surface area contributed by atoms with Crippen molar-refractivity contribution in [1.29, 1.82) is 0 Å². The molecule has 9 nitrogen and oxygen atoms in total. The maximum absolute atomic E-state index is 5.90. The van der Waals surface area contributed by atoms with E-state index in [1.54, 1.807) is 22.4 Å². The molecule has 24 heavy (non-hydrogen) atoms. The lowest BCUT2D eigenvalue weighted by Crippen LogP contribution is -2.18. The predicted molar refractivity (Wildman–Crippen MR) is 85.2 cm³/mol.